The van der Waals surface area contributed by atoms with E-state index < -0.39 is 4.92 Å². The Labute approximate surface area is 69.5 Å². The van der Waals surface area contributed by atoms with E-state index >= 15 is 0 Å². The van der Waals surface area contributed by atoms with E-state index in [-0.39, 0.29) is 5.88 Å². The molecule has 0 amide bonds. The van der Waals surface area contributed by atoms with Crippen molar-refractivity contribution in [3.8, 4) is 0 Å². The molecule has 0 unspecified atom stereocenters. The standard InChI is InChI=1S/C7H10N2O3/c1-2-8-5-6-3-4-7(12-6)9(10)11/h3-4,8H,2,5H2,1H3. The van der Waals surface area contributed by atoms with Crippen LogP contribution in [0.4, 0.5) is 5.88 Å². The Kier molecular flexibility index (Phi) is 2.82. The van der Waals surface area contributed by atoms with Crippen LogP contribution in [-0.4, -0.2) is 11.5 Å². The van der Waals surface area contributed by atoms with E-state index in [1.807, 2.05) is 6.92 Å². The lowest BCUT2D eigenvalue weighted by Gasteiger charge is -1.94. The van der Waals surface area contributed by atoms with Gasteiger partial charge >= 0.3 is 5.88 Å². The molecule has 0 atom stereocenters. The van der Waals surface area contributed by atoms with Crippen LogP contribution in [0.5, 0.6) is 0 Å². The topological polar surface area (TPSA) is 68.3 Å². The van der Waals surface area contributed by atoms with Crippen molar-refractivity contribution in [1.82, 2.24) is 5.32 Å². The Morgan fingerprint density at radius 2 is 2.42 bits per heavy atom. The van der Waals surface area contributed by atoms with Gasteiger partial charge in [-0.15, -0.1) is 0 Å². The minimum Gasteiger partial charge on any atom is -0.404 e. The molecule has 1 aromatic heterocycles. The van der Waals surface area contributed by atoms with Crippen molar-refractivity contribution in [2.24, 2.45) is 0 Å². The van der Waals surface area contributed by atoms with Crippen molar-refractivity contribution in [3.63, 3.8) is 0 Å². The zero-order valence-corrected chi connectivity index (χ0v) is 6.74. The molecule has 1 N–H and O–H groups in total. The lowest BCUT2D eigenvalue weighted by Crippen LogP contribution is -2.10. The van der Waals surface area contributed by atoms with Crippen molar-refractivity contribution in [2.45, 2.75) is 13.5 Å². The SMILES string of the molecule is CCNCc1ccc([N+](=O)[O-])o1. The normalized spacial score (nSPS) is 10.1. The fraction of sp³-hybridized carbons (Fsp3) is 0.429. The number of nitrogens with zero attached hydrogens (tertiary/aromatic N) is 1. The van der Waals surface area contributed by atoms with Gasteiger partial charge in [0.15, 0.2) is 0 Å². The summed E-state index contributed by atoms with van der Waals surface area (Å²) in [7, 11) is 0. The summed E-state index contributed by atoms with van der Waals surface area (Å²) >= 11 is 0. The third-order valence-corrected chi connectivity index (χ3v) is 1.38. The van der Waals surface area contributed by atoms with E-state index in [1.54, 1.807) is 6.07 Å². The van der Waals surface area contributed by atoms with E-state index in [4.69, 9.17) is 4.42 Å². The molecule has 0 aliphatic carbocycles. The van der Waals surface area contributed by atoms with Gasteiger partial charge in [-0.3, -0.25) is 10.1 Å². The summed E-state index contributed by atoms with van der Waals surface area (Å²) in [6, 6.07) is 2.95. The highest BCUT2D eigenvalue weighted by molar-refractivity contribution is 5.17. The molecule has 0 fully saturated rings. The lowest BCUT2D eigenvalue weighted by molar-refractivity contribution is -0.402. The zero-order chi connectivity index (χ0) is 8.97. The van der Waals surface area contributed by atoms with Crippen LogP contribution in [0.25, 0.3) is 0 Å². The van der Waals surface area contributed by atoms with Gasteiger partial charge in [-0.2, -0.15) is 0 Å². The van der Waals surface area contributed by atoms with Gasteiger partial charge in [-0.05, 0) is 12.6 Å². The van der Waals surface area contributed by atoms with Gasteiger partial charge in [0, 0.05) is 0 Å². The maximum Gasteiger partial charge on any atom is 0.433 e. The molecule has 0 saturated heterocycles. The first kappa shape index (κ1) is 8.73. The summed E-state index contributed by atoms with van der Waals surface area (Å²) in [6.45, 7) is 3.30. The second-order valence-electron chi connectivity index (χ2n) is 2.28. The number of hydrogen-bond donors (Lipinski definition) is 1. The first-order chi connectivity index (χ1) is 5.74. The van der Waals surface area contributed by atoms with E-state index in [0.29, 0.717) is 12.3 Å². The average Bonchev–Trinajstić information content (AvgIpc) is 2.48. The predicted molar refractivity (Wildman–Crippen MR) is 42.7 cm³/mol. The number of rotatable bonds is 4. The summed E-state index contributed by atoms with van der Waals surface area (Å²) < 4.78 is 4.89. The number of nitrogens with one attached hydrogen (secondary N) is 1. The van der Waals surface area contributed by atoms with Gasteiger partial charge in [-0.1, -0.05) is 6.92 Å². The minimum atomic E-state index is -0.546. The van der Waals surface area contributed by atoms with E-state index in [9.17, 15) is 10.1 Å². The van der Waals surface area contributed by atoms with Crippen molar-refractivity contribution in [1.29, 1.82) is 0 Å². The third kappa shape index (κ3) is 2.06. The van der Waals surface area contributed by atoms with Gasteiger partial charge in [0.05, 0.1) is 12.6 Å². The van der Waals surface area contributed by atoms with E-state index in [0.717, 1.165) is 6.54 Å². The van der Waals surface area contributed by atoms with Crippen molar-refractivity contribution < 1.29 is 9.34 Å². The molecule has 5 heteroatoms. The molecule has 1 heterocycles. The first-order valence-electron chi connectivity index (χ1n) is 3.68. The molecular weight excluding hydrogens is 160 g/mol. The van der Waals surface area contributed by atoms with Crippen LogP contribution in [0.15, 0.2) is 16.5 Å². The highest BCUT2D eigenvalue weighted by atomic mass is 16.6. The van der Waals surface area contributed by atoms with Crippen LogP contribution in [0.1, 0.15) is 12.7 Å². The molecule has 5 nitrogen and oxygen atoms in total. The lowest BCUT2D eigenvalue weighted by atomic mass is 10.4. The monoisotopic (exact) mass is 170 g/mol. The van der Waals surface area contributed by atoms with Gasteiger partial charge in [0.2, 0.25) is 0 Å². The van der Waals surface area contributed by atoms with E-state index in [1.165, 1.54) is 6.07 Å². The van der Waals surface area contributed by atoms with Gasteiger partial charge < -0.3 is 9.73 Å². The maximum absolute atomic E-state index is 10.2. The summed E-state index contributed by atoms with van der Waals surface area (Å²) in [5, 5.41) is 13.2. The fourth-order valence-electron chi connectivity index (χ4n) is 0.808. The Morgan fingerprint density at radius 1 is 1.67 bits per heavy atom. The quantitative estimate of drug-likeness (QED) is 0.546. The predicted octanol–water partition coefficient (Wildman–Crippen LogP) is 1.30. The molecule has 0 bridgehead atoms. The highest BCUT2D eigenvalue weighted by Gasteiger charge is 2.10. The van der Waals surface area contributed by atoms with E-state index in [2.05, 4.69) is 5.32 Å². The molecule has 0 saturated carbocycles. The van der Waals surface area contributed by atoms with Crippen LogP contribution >= 0.6 is 0 Å². The molecule has 0 aliphatic rings. The Balaban J connectivity index is 2.58. The second-order valence-corrected chi connectivity index (χ2v) is 2.28. The fourth-order valence-corrected chi connectivity index (χ4v) is 0.808. The van der Waals surface area contributed by atoms with Crippen LogP contribution in [0.3, 0.4) is 0 Å². The molecule has 0 spiro atoms. The molecule has 66 valence electrons. The summed E-state index contributed by atoms with van der Waals surface area (Å²) in [5.41, 5.74) is 0. The van der Waals surface area contributed by atoms with Crippen LogP contribution < -0.4 is 5.32 Å². The Hall–Kier alpha value is -1.36. The summed E-state index contributed by atoms with van der Waals surface area (Å²) in [5.74, 6) is 0.381. The zero-order valence-electron chi connectivity index (χ0n) is 6.74. The third-order valence-electron chi connectivity index (χ3n) is 1.38. The molecule has 0 radical (unpaired) electrons. The highest BCUT2D eigenvalue weighted by Crippen LogP contribution is 2.14. The second kappa shape index (κ2) is 3.87. The Bertz CT molecular complexity index is 269. The van der Waals surface area contributed by atoms with Crippen molar-refractivity contribution >= 4 is 5.88 Å². The molecule has 12 heavy (non-hydrogen) atoms. The smallest absolute Gasteiger partial charge is 0.404 e. The first-order valence-corrected chi connectivity index (χ1v) is 3.68. The number of hydrogen-bond acceptors (Lipinski definition) is 4. The molecule has 0 aliphatic heterocycles. The maximum atomic E-state index is 10.2. The summed E-state index contributed by atoms with van der Waals surface area (Å²) in [6.07, 6.45) is 0. The van der Waals surface area contributed by atoms with Crippen molar-refractivity contribution in [2.75, 3.05) is 6.54 Å². The van der Waals surface area contributed by atoms with Crippen LogP contribution in [-0.2, 0) is 6.54 Å². The van der Waals surface area contributed by atoms with Gasteiger partial charge in [-0.25, -0.2) is 0 Å². The largest absolute Gasteiger partial charge is 0.433 e. The van der Waals surface area contributed by atoms with Crippen molar-refractivity contribution in [3.05, 3.63) is 28.0 Å². The minimum absolute atomic E-state index is 0.206. The molecular formula is C7H10N2O3. The van der Waals surface area contributed by atoms with Crippen LogP contribution in [0.2, 0.25) is 0 Å². The molecule has 0 aromatic carbocycles. The molecule has 1 aromatic rings. The van der Waals surface area contributed by atoms with Gasteiger partial charge in [0.25, 0.3) is 0 Å². The molecule has 1 rings (SSSR count). The average molecular weight is 170 g/mol. The Morgan fingerprint density at radius 3 is 2.92 bits per heavy atom. The number of furan rings is 1. The van der Waals surface area contributed by atoms with Crippen LogP contribution in [0, 0.1) is 10.1 Å². The number of nitro groups is 1. The summed E-state index contributed by atoms with van der Waals surface area (Å²) in [4.78, 5) is 9.63. The van der Waals surface area contributed by atoms with Gasteiger partial charge in [0.1, 0.15) is 10.7 Å².